The van der Waals surface area contributed by atoms with Crippen molar-refractivity contribution in [3.8, 4) is 17.2 Å². The number of hydrogen-bond donors (Lipinski definition) is 0. The summed E-state index contributed by atoms with van der Waals surface area (Å²) in [7, 11) is -6.45. The SMILES string of the molecule is Cc1cc(C)c(S2(=O)=C(Cc3cccc(C#N)c3)C(=O)C3Cc4cc(-c5cccc(S(C)(=O)=O)c5)ccc4CN32)c(C)c1. The van der Waals surface area contributed by atoms with Crippen molar-refractivity contribution >= 4 is 30.2 Å². The van der Waals surface area contributed by atoms with Gasteiger partial charge in [-0.1, -0.05) is 60.2 Å². The highest BCUT2D eigenvalue weighted by molar-refractivity contribution is 8.02. The Morgan fingerprint density at radius 3 is 2.30 bits per heavy atom. The van der Waals surface area contributed by atoms with Crippen LogP contribution >= 0.6 is 0 Å². The van der Waals surface area contributed by atoms with E-state index in [-0.39, 0.29) is 17.1 Å². The number of carbonyl (C=O) groups excluding carboxylic acids is 1. The van der Waals surface area contributed by atoms with Crippen molar-refractivity contribution in [1.29, 1.82) is 5.26 Å². The zero-order valence-corrected chi connectivity index (χ0v) is 26.2. The van der Waals surface area contributed by atoms with Gasteiger partial charge in [0.05, 0.1) is 42.0 Å². The number of sulfone groups is 1. The van der Waals surface area contributed by atoms with Crippen molar-refractivity contribution in [2.75, 3.05) is 6.26 Å². The van der Waals surface area contributed by atoms with Crippen molar-refractivity contribution < 1.29 is 17.4 Å². The van der Waals surface area contributed by atoms with Gasteiger partial charge < -0.3 is 0 Å². The molecule has 8 heteroatoms. The number of hydrogen-bond acceptors (Lipinski definition) is 5. The van der Waals surface area contributed by atoms with Gasteiger partial charge in [0, 0.05) is 19.2 Å². The van der Waals surface area contributed by atoms with Crippen molar-refractivity contribution in [2.24, 2.45) is 0 Å². The average Bonchev–Trinajstić information content (AvgIpc) is 3.16. The van der Waals surface area contributed by atoms with Crippen LogP contribution in [0, 0.1) is 32.1 Å². The molecule has 0 spiro atoms. The Kier molecular flexibility index (Phi) is 7.16. The molecule has 2 unspecified atom stereocenters. The Labute approximate surface area is 253 Å². The van der Waals surface area contributed by atoms with Crippen molar-refractivity contribution in [1.82, 2.24) is 4.31 Å². The largest absolute Gasteiger partial charge is 0.292 e. The number of fused-ring (bicyclic) bond motifs is 2. The van der Waals surface area contributed by atoms with Gasteiger partial charge >= 0.3 is 0 Å². The molecule has 6 rings (SSSR count). The molecule has 2 aliphatic rings. The van der Waals surface area contributed by atoms with Gasteiger partial charge in [-0.3, -0.25) is 4.79 Å². The number of Topliss-reactive ketones (excluding diaryl/α,β-unsaturated/α-hetero) is 1. The molecule has 0 N–H and O–H groups in total. The van der Waals surface area contributed by atoms with E-state index in [4.69, 9.17) is 0 Å². The highest BCUT2D eigenvalue weighted by Gasteiger charge is 2.48. The van der Waals surface area contributed by atoms with Crippen molar-refractivity contribution in [2.45, 2.75) is 56.0 Å². The van der Waals surface area contributed by atoms with Crippen molar-refractivity contribution in [3.05, 3.63) is 118 Å². The molecule has 0 radical (unpaired) electrons. The highest BCUT2D eigenvalue weighted by atomic mass is 32.2. The lowest BCUT2D eigenvalue weighted by Crippen LogP contribution is -2.42. The Morgan fingerprint density at radius 2 is 1.60 bits per heavy atom. The predicted octanol–water partition coefficient (Wildman–Crippen LogP) is 5.54. The summed E-state index contributed by atoms with van der Waals surface area (Å²) in [6, 6.07) is 25.6. The van der Waals surface area contributed by atoms with Crippen LogP contribution in [0.3, 0.4) is 0 Å². The maximum atomic E-state index is 15.6. The molecule has 218 valence electrons. The Balaban J connectivity index is 1.48. The van der Waals surface area contributed by atoms with E-state index < -0.39 is 25.6 Å². The fourth-order valence-electron chi connectivity index (χ4n) is 6.57. The first kappa shape index (κ1) is 29.1. The molecule has 2 aliphatic heterocycles. The second-order valence-corrected chi connectivity index (χ2v) is 16.0. The van der Waals surface area contributed by atoms with Crippen LogP contribution in [0.15, 0.2) is 88.7 Å². The monoisotopic (exact) mass is 608 g/mol. The minimum atomic E-state index is -3.36. The second-order valence-electron chi connectivity index (χ2n) is 11.6. The molecule has 4 aromatic carbocycles. The summed E-state index contributed by atoms with van der Waals surface area (Å²) in [6.07, 6.45) is 1.79. The first-order valence-electron chi connectivity index (χ1n) is 14.1. The fraction of sp³-hybridized carbons (Fsp3) is 0.229. The number of aryl methyl sites for hydroxylation is 3. The molecule has 4 aromatic rings. The fourth-order valence-corrected chi connectivity index (χ4v) is 10.6. The summed E-state index contributed by atoms with van der Waals surface area (Å²) in [6.45, 7) is 6.28. The molecule has 6 nitrogen and oxygen atoms in total. The lowest BCUT2D eigenvalue weighted by molar-refractivity contribution is -0.116. The number of carbonyl (C=O) groups is 1. The quantitative estimate of drug-likeness (QED) is 0.278. The van der Waals surface area contributed by atoms with Gasteiger partial charge in [0.15, 0.2) is 15.6 Å². The van der Waals surface area contributed by atoms with Crippen LogP contribution in [0.2, 0.25) is 0 Å². The summed E-state index contributed by atoms with van der Waals surface area (Å²) in [5.74, 6) is -0.123. The Hall–Kier alpha value is -4.03. The topological polar surface area (TPSA) is 95.3 Å². The van der Waals surface area contributed by atoms with Crippen LogP contribution in [0.4, 0.5) is 0 Å². The van der Waals surface area contributed by atoms with Crippen LogP contribution in [0.5, 0.6) is 0 Å². The number of nitriles is 1. The third kappa shape index (κ3) is 5.02. The molecular weight excluding hydrogens is 577 g/mol. The molecule has 2 atom stereocenters. The second kappa shape index (κ2) is 10.6. The highest BCUT2D eigenvalue weighted by Crippen LogP contribution is 2.40. The van der Waals surface area contributed by atoms with E-state index in [1.807, 2.05) is 67.5 Å². The molecule has 2 heterocycles. The van der Waals surface area contributed by atoms with Gasteiger partial charge in [-0.05, 0) is 90.4 Å². The normalized spacial score (nSPS) is 20.0. The molecule has 0 aliphatic carbocycles. The number of nitrogens with zero attached hydrogens (tertiary/aromatic N) is 2. The zero-order chi connectivity index (χ0) is 30.7. The van der Waals surface area contributed by atoms with Gasteiger partial charge in [0.1, 0.15) is 0 Å². The van der Waals surface area contributed by atoms with E-state index in [1.54, 1.807) is 36.4 Å². The van der Waals surface area contributed by atoms with Crippen molar-refractivity contribution in [3.63, 3.8) is 0 Å². The third-order valence-corrected chi connectivity index (χ3v) is 12.8. The lowest BCUT2D eigenvalue weighted by atomic mass is 9.89. The number of benzene rings is 4. The number of ketones is 1. The molecule has 0 amide bonds. The van der Waals surface area contributed by atoms with Gasteiger partial charge in [0.2, 0.25) is 0 Å². The van der Waals surface area contributed by atoms with Gasteiger partial charge in [-0.2, -0.15) is 5.26 Å². The minimum Gasteiger partial charge on any atom is -0.292 e. The van der Waals surface area contributed by atoms with Crippen LogP contribution in [-0.4, -0.2) is 39.9 Å². The van der Waals surface area contributed by atoms with E-state index in [9.17, 15) is 18.5 Å². The van der Waals surface area contributed by atoms with Gasteiger partial charge in [-0.25, -0.2) is 16.9 Å². The lowest BCUT2D eigenvalue weighted by Gasteiger charge is -2.34. The molecule has 0 aromatic heterocycles. The van der Waals surface area contributed by atoms with Crippen LogP contribution in [-0.2, 0) is 43.7 Å². The van der Waals surface area contributed by atoms with E-state index in [2.05, 4.69) is 6.07 Å². The van der Waals surface area contributed by atoms with Crippen LogP contribution in [0.25, 0.3) is 11.1 Å². The van der Waals surface area contributed by atoms with Crippen LogP contribution in [0.1, 0.15) is 38.9 Å². The van der Waals surface area contributed by atoms with E-state index in [1.165, 1.54) is 6.26 Å². The summed E-state index contributed by atoms with van der Waals surface area (Å²) in [5, 5.41) is 9.46. The first-order chi connectivity index (χ1) is 20.4. The Bertz CT molecular complexity index is 2090. The first-order valence-corrected chi connectivity index (χ1v) is 17.5. The summed E-state index contributed by atoms with van der Waals surface area (Å²) in [5.41, 5.74) is 7.77. The summed E-state index contributed by atoms with van der Waals surface area (Å²) in [4.78, 5) is 15.7. The maximum Gasteiger partial charge on any atom is 0.187 e. The van der Waals surface area contributed by atoms with E-state index in [0.29, 0.717) is 28.3 Å². The third-order valence-electron chi connectivity index (χ3n) is 8.43. The molecule has 0 saturated carbocycles. The standard InChI is InChI=1S/C35H32N2O4S2/c1-22-13-23(2)35(24(3)14-22)43(41)33(16-25-7-5-8-26(15-25)20-36)34(38)32-19-30-17-28(11-12-29(30)21-37(32)43)27-9-6-10-31(18-27)42(4,39)40/h5-15,17-18,32H,16,19,21H2,1-4H3. The Morgan fingerprint density at radius 1 is 0.907 bits per heavy atom. The smallest absolute Gasteiger partial charge is 0.187 e. The molecule has 0 bridgehead atoms. The molecule has 0 saturated heterocycles. The predicted molar refractivity (Wildman–Crippen MR) is 170 cm³/mol. The van der Waals surface area contributed by atoms with E-state index >= 15 is 4.21 Å². The molecule has 0 fully saturated rings. The summed E-state index contributed by atoms with van der Waals surface area (Å²) < 4.78 is 41.8. The van der Waals surface area contributed by atoms with Crippen LogP contribution < -0.4 is 0 Å². The maximum absolute atomic E-state index is 15.6. The van der Waals surface area contributed by atoms with Gasteiger partial charge in [0.25, 0.3) is 0 Å². The molecule has 43 heavy (non-hydrogen) atoms. The number of rotatable bonds is 5. The average molecular weight is 609 g/mol. The minimum absolute atomic E-state index is 0.123. The van der Waals surface area contributed by atoms with E-state index in [0.717, 1.165) is 44.5 Å². The molecular formula is C35H32N2O4S2. The summed E-state index contributed by atoms with van der Waals surface area (Å²) >= 11 is 0. The zero-order valence-electron chi connectivity index (χ0n) is 24.5. The van der Waals surface area contributed by atoms with Gasteiger partial charge in [-0.15, -0.1) is 0 Å².